The smallest absolute Gasteiger partial charge is 0.419 e. The predicted molar refractivity (Wildman–Crippen MR) is 110 cm³/mol. The lowest BCUT2D eigenvalue weighted by Gasteiger charge is -2.25. The monoisotopic (exact) mass is 373 g/mol. The minimum atomic E-state index is -0.591. The summed E-state index contributed by atoms with van der Waals surface area (Å²) in [6.45, 7) is 5.58. The molecule has 3 aromatic rings. The van der Waals surface area contributed by atoms with Gasteiger partial charge in [-0.1, -0.05) is 48.5 Å². The zero-order valence-electron chi connectivity index (χ0n) is 16.3. The molecule has 0 radical (unpaired) electrons. The Bertz CT molecular complexity index is 1080. The number of hydrogen-bond acceptors (Lipinski definition) is 3. The molecular weight excluding hydrogens is 350 g/mol. The van der Waals surface area contributed by atoms with Crippen LogP contribution in [0.2, 0.25) is 0 Å². The van der Waals surface area contributed by atoms with Crippen LogP contribution in [0.15, 0.2) is 60.2 Å². The second-order valence-electron chi connectivity index (χ2n) is 8.12. The molecule has 1 aliphatic carbocycles. The molecule has 0 saturated carbocycles. The topological polar surface area (TPSA) is 48.3 Å². The van der Waals surface area contributed by atoms with E-state index in [0.717, 1.165) is 39.6 Å². The van der Waals surface area contributed by atoms with Crippen LogP contribution in [0.1, 0.15) is 43.5 Å². The zero-order chi connectivity index (χ0) is 19.9. The van der Waals surface area contributed by atoms with E-state index >= 15 is 0 Å². The molecule has 0 saturated heterocycles. The lowest BCUT2D eigenvalue weighted by atomic mass is 9.82. The average Bonchev–Trinajstić information content (AvgIpc) is 3.00. The molecule has 4 nitrogen and oxygen atoms in total. The van der Waals surface area contributed by atoms with Gasteiger partial charge in [0.05, 0.1) is 5.52 Å². The van der Waals surface area contributed by atoms with Gasteiger partial charge in [-0.25, -0.2) is 9.36 Å². The van der Waals surface area contributed by atoms with E-state index in [-0.39, 0.29) is 12.0 Å². The third kappa shape index (κ3) is 3.15. The highest BCUT2D eigenvalue weighted by molar-refractivity contribution is 6.01. The fourth-order valence-corrected chi connectivity index (χ4v) is 3.89. The number of carbonyl (C=O) groups is 2. The number of fused-ring (bicyclic) bond motifs is 3. The third-order valence-electron chi connectivity index (χ3n) is 5.04. The van der Waals surface area contributed by atoms with Crippen LogP contribution < -0.4 is 0 Å². The van der Waals surface area contributed by atoms with Crippen molar-refractivity contribution < 1.29 is 14.3 Å². The first-order valence-corrected chi connectivity index (χ1v) is 9.46. The molecule has 2 aromatic carbocycles. The number of aromatic nitrogens is 1. The fourth-order valence-electron chi connectivity index (χ4n) is 3.89. The summed E-state index contributed by atoms with van der Waals surface area (Å²) < 4.78 is 7.35. The molecule has 0 spiro atoms. The van der Waals surface area contributed by atoms with Crippen molar-refractivity contribution in [1.29, 1.82) is 0 Å². The van der Waals surface area contributed by atoms with E-state index in [1.165, 1.54) is 0 Å². The molecule has 1 heterocycles. The molecule has 1 aliphatic rings. The number of benzene rings is 2. The van der Waals surface area contributed by atoms with E-state index in [1.54, 1.807) is 4.57 Å². The van der Waals surface area contributed by atoms with Crippen molar-refractivity contribution in [2.24, 2.45) is 0 Å². The van der Waals surface area contributed by atoms with Gasteiger partial charge in [0.15, 0.2) is 0 Å². The predicted octanol–water partition coefficient (Wildman–Crippen LogP) is 5.35. The van der Waals surface area contributed by atoms with Crippen LogP contribution in [0.5, 0.6) is 0 Å². The van der Waals surface area contributed by atoms with E-state index < -0.39 is 5.60 Å². The highest BCUT2D eigenvalue weighted by atomic mass is 16.6. The van der Waals surface area contributed by atoms with Gasteiger partial charge in [-0.3, -0.25) is 4.79 Å². The molecule has 28 heavy (non-hydrogen) atoms. The molecule has 0 amide bonds. The van der Waals surface area contributed by atoms with Crippen LogP contribution in [0.4, 0.5) is 4.79 Å². The van der Waals surface area contributed by atoms with Gasteiger partial charge in [0.1, 0.15) is 11.9 Å². The average molecular weight is 373 g/mol. The Morgan fingerprint density at radius 1 is 1.07 bits per heavy atom. The van der Waals surface area contributed by atoms with Crippen molar-refractivity contribution in [3.8, 4) is 0 Å². The summed E-state index contributed by atoms with van der Waals surface area (Å²) in [6, 6.07) is 17.7. The first-order valence-electron chi connectivity index (χ1n) is 9.46. The summed E-state index contributed by atoms with van der Waals surface area (Å²) in [5.74, 6) is -0.0864. The maximum absolute atomic E-state index is 13.1. The number of ether oxygens (including phenoxy) is 1. The maximum Gasteiger partial charge on any atom is 0.419 e. The van der Waals surface area contributed by atoms with Crippen LogP contribution in [0, 0.1) is 0 Å². The van der Waals surface area contributed by atoms with E-state index in [0.29, 0.717) is 6.42 Å². The molecule has 0 fully saturated rings. The molecule has 4 rings (SSSR count). The standard InChI is InChI=1S/C24H23NO3/c1-24(2,3)28-23(27)25-21-12-8-7-11-18(21)20-13-17(15-26)19(14-22(20)25)16-9-5-4-6-10-16/h4-13,15,19H,14H2,1-3H3. The van der Waals surface area contributed by atoms with Crippen molar-refractivity contribution in [2.75, 3.05) is 0 Å². The van der Waals surface area contributed by atoms with Crippen molar-refractivity contribution in [3.05, 3.63) is 77.0 Å². The molecule has 142 valence electrons. The van der Waals surface area contributed by atoms with Crippen LogP contribution in [-0.2, 0) is 16.0 Å². The first-order chi connectivity index (χ1) is 13.4. The largest absolute Gasteiger partial charge is 0.443 e. The van der Waals surface area contributed by atoms with Crippen LogP contribution in [0.3, 0.4) is 0 Å². The Balaban J connectivity index is 1.92. The van der Waals surface area contributed by atoms with Gasteiger partial charge in [-0.2, -0.15) is 0 Å². The highest BCUT2D eigenvalue weighted by Crippen LogP contribution is 2.39. The minimum Gasteiger partial charge on any atom is -0.443 e. The van der Waals surface area contributed by atoms with Crippen molar-refractivity contribution in [3.63, 3.8) is 0 Å². The summed E-state index contributed by atoms with van der Waals surface area (Å²) in [5.41, 5.74) is 3.81. The van der Waals surface area contributed by atoms with Crippen molar-refractivity contribution in [2.45, 2.75) is 38.7 Å². The molecule has 0 bridgehead atoms. The molecule has 4 heteroatoms. The Morgan fingerprint density at radius 3 is 2.43 bits per heavy atom. The second kappa shape index (κ2) is 6.79. The zero-order valence-corrected chi connectivity index (χ0v) is 16.3. The van der Waals surface area contributed by atoms with Crippen LogP contribution >= 0.6 is 0 Å². The summed E-state index contributed by atoms with van der Waals surface area (Å²) >= 11 is 0. The Hall–Kier alpha value is -3.14. The number of hydrogen-bond donors (Lipinski definition) is 0. The molecular formula is C24H23NO3. The van der Waals surface area contributed by atoms with Gasteiger partial charge in [-0.15, -0.1) is 0 Å². The van der Waals surface area contributed by atoms with Gasteiger partial charge >= 0.3 is 6.09 Å². The lowest BCUT2D eigenvalue weighted by Crippen LogP contribution is -2.29. The number of aldehydes is 1. The molecule has 0 N–H and O–H groups in total. The van der Waals surface area contributed by atoms with Gasteiger partial charge in [0.2, 0.25) is 0 Å². The van der Waals surface area contributed by atoms with Crippen molar-refractivity contribution >= 4 is 29.4 Å². The van der Waals surface area contributed by atoms with Crippen LogP contribution in [0.25, 0.3) is 17.0 Å². The quantitative estimate of drug-likeness (QED) is 0.569. The summed E-state index contributed by atoms with van der Waals surface area (Å²) in [7, 11) is 0. The number of rotatable bonds is 2. The third-order valence-corrected chi connectivity index (χ3v) is 5.04. The lowest BCUT2D eigenvalue weighted by molar-refractivity contribution is -0.105. The molecule has 1 unspecified atom stereocenters. The maximum atomic E-state index is 13.1. The summed E-state index contributed by atoms with van der Waals surface area (Å²) in [6.07, 6.45) is 3.03. The fraction of sp³-hybridized carbons (Fsp3) is 0.250. The second-order valence-corrected chi connectivity index (χ2v) is 8.12. The Labute approximate surface area is 164 Å². The molecule has 0 aliphatic heterocycles. The minimum absolute atomic E-state index is 0.0864. The summed E-state index contributed by atoms with van der Waals surface area (Å²) in [5, 5.41) is 0.953. The van der Waals surface area contributed by atoms with Gasteiger partial charge in [0, 0.05) is 28.1 Å². The van der Waals surface area contributed by atoms with E-state index in [4.69, 9.17) is 4.74 Å². The first kappa shape index (κ1) is 18.2. The molecule has 1 atom stereocenters. The van der Waals surface area contributed by atoms with E-state index in [9.17, 15) is 9.59 Å². The highest BCUT2D eigenvalue weighted by Gasteiger charge is 2.31. The Kier molecular flexibility index (Phi) is 4.42. The number of para-hydroxylation sites is 1. The summed E-state index contributed by atoms with van der Waals surface area (Å²) in [4.78, 5) is 24.9. The normalized spacial score (nSPS) is 16.4. The van der Waals surface area contributed by atoms with Gasteiger partial charge in [0.25, 0.3) is 0 Å². The van der Waals surface area contributed by atoms with Gasteiger partial charge < -0.3 is 4.74 Å². The number of carbonyl (C=O) groups excluding carboxylic acids is 2. The van der Waals surface area contributed by atoms with E-state index in [1.807, 2.05) is 81.4 Å². The number of nitrogens with zero attached hydrogens (tertiary/aromatic N) is 1. The SMILES string of the molecule is CC(C)(C)OC(=O)n1c2c(c3ccccc31)C=C(C=O)C(c1ccccc1)C2. The Morgan fingerprint density at radius 2 is 1.75 bits per heavy atom. The van der Waals surface area contributed by atoms with Crippen LogP contribution in [-0.4, -0.2) is 22.5 Å². The van der Waals surface area contributed by atoms with Gasteiger partial charge in [-0.05, 0) is 44.9 Å². The van der Waals surface area contributed by atoms with E-state index in [2.05, 4.69) is 0 Å². The van der Waals surface area contributed by atoms with Crippen molar-refractivity contribution in [1.82, 2.24) is 4.57 Å². The number of allylic oxidation sites excluding steroid dienone is 1. The molecule has 1 aromatic heterocycles.